The van der Waals surface area contributed by atoms with Crippen molar-refractivity contribution in [3.05, 3.63) is 12.7 Å². The molecule has 5 nitrogen and oxygen atoms in total. The maximum absolute atomic E-state index is 10.9. The average Bonchev–Trinajstić information content (AvgIpc) is 2.65. The van der Waals surface area contributed by atoms with Crippen LogP contribution in [-0.2, 0) is 16.1 Å². The molecule has 1 rings (SSSR count). The lowest BCUT2D eigenvalue weighted by Crippen LogP contribution is -2.04. The molecule has 0 spiro atoms. The molecular weight excluding hydrogens is 182 g/mol. The Kier molecular flexibility index (Phi) is 4.68. The topological polar surface area (TPSA) is 57.0 Å². The minimum absolute atomic E-state index is 0.119. The monoisotopic (exact) mass is 197 g/mol. The van der Waals surface area contributed by atoms with Crippen LogP contribution < -0.4 is 0 Å². The first-order valence-corrected chi connectivity index (χ1v) is 4.81. The van der Waals surface area contributed by atoms with Crippen LogP contribution in [0.3, 0.4) is 0 Å². The van der Waals surface area contributed by atoms with Gasteiger partial charge in [0.05, 0.1) is 6.61 Å². The van der Waals surface area contributed by atoms with Gasteiger partial charge < -0.3 is 4.74 Å². The van der Waals surface area contributed by atoms with Gasteiger partial charge in [0, 0.05) is 13.0 Å². The van der Waals surface area contributed by atoms with Crippen LogP contribution in [0.2, 0.25) is 0 Å². The van der Waals surface area contributed by atoms with Gasteiger partial charge in [0.1, 0.15) is 12.7 Å². The fourth-order valence-electron chi connectivity index (χ4n) is 1.12. The highest BCUT2D eigenvalue weighted by Gasteiger charge is 2.00. The summed E-state index contributed by atoms with van der Waals surface area (Å²) in [5.41, 5.74) is 0. The Labute approximate surface area is 83.1 Å². The van der Waals surface area contributed by atoms with E-state index in [0.29, 0.717) is 13.0 Å². The second kappa shape index (κ2) is 6.12. The number of rotatable bonds is 6. The molecule has 0 aromatic carbocycles. The Hall–Kier alpha value is -1.39. The summed E-state index contributed by atoms with van der Waals surface area (Å²) in [6.45, 7) is 3.08. The predicted octanol–water partition coefficient (Wildman–Crippen LogP) is 1.01. The third-order valence-electron chi connectivity index (χ3n) is 1.79. The number of ether oxygens (including phenoxy) is 1. The van der Waals surface area contributed by atoms with Crippen molar-refractivity contribution in [1.29, 1.82) is 0 Å². The van der Waals surface area contributed by atoms with E-state index >= 15 is 0 Å². The Morgan fingerprint density at radius 3 is 3.00 bits per heavy atom. The number of carbonyl (C=O) groups is 1. The molecule has 1 aromatic heterocycles. The molecule has 78 valence electrons. The van der Waals surface area contributed by atoms with Crippen molar-refractivity contribution in [2.75, 3.05) is 6.61 Å². The van der Waals surface area contributed by atoms with Crippen molar-refractivity contribution in [3.63, 3.8) is 0 Å². The lowest BCUT2D eigenvalue weighted by Gasteiger charge is -2.01. The zero-order valence-corrected chi connectivity index (χ0v) is 8.35. The summed E-state index contributed by atoms with van der Waals surface area (Å²) < 4.78 is 6.56. The lowest BCUT2D eigenvalue weighted by molar-refractivity contribution is -0.143. The maximum atomic E-state index is 10.9. The highest BCUT2D eigenvalue weighted by atomic mass is 16.5. The molecule has 0 fully saturated rings. The van der Waals surface area contributed by atoms with Crippen molar-refractivity contribution in [2.24, 2.45) is 0 Å². The van der Waals surface area contributed by atoms with E-state index in [1.54, 1.807) is 11.0 Å². The number of hydrogen-bond donors (Lipinski definition) is 0. The molecule has 0 N–H and O–H groups in total. The van der Waals surface area contributed by atoms with Crippen molar-refractivity contribution >= 4 is 5.97 Å². The van der Waals surface area contributed by atoms with E-state index in [-0.39, 0.29) is 5.97 Å². The van der Waals surface area contributed by atoms with Crippen LogP contribution >= 0.6 is 0 Å². The Morgan fingerprint density at radius 1 is 1.50 bits per heavy atom. The molecule has 0 radical (unpaired) electrons. The molecule has 0 bridgehead atoms. The van der Waals surface area contributed by atoms with Crippen LogP contribution in [0.4, 0.5) is 0 Å². The predicted molar refractivity (Wildman–Crippen MR) is 50.5 cm³/mol. The third-order valence-corrected chi connectivity index (χ3v) is 1.79. The van der Waals surface area contributed by atoms with E-state index in [0.717, 1.165) is 19.4 Å². The molecule has 0 atom stereocenters. The van der Waals surface area contributed by atoms with Gasteiger partial charge in [-0.15, -0.1) is 0 Å². The number of aryl methyl sites for hydroxylation is 1. The van der Waals surface area contributed by atoms with Gasteiger partial charge in [-0.3, -0.25) is 9.48 Å². The van der Waals surface area contributed by atoms with E-state index in [4.69, 9.17) is 4.74 Å². The van der Waals surface area contributed by atoms with Crippen molar-refractivity contribution < 1.29 is 9.53 Å². The molecule has 14 heavy (non-hydrogen) atoms. The van der Waals surface area contributed by atoms with Crippen molar-refractivity contribution in [1.82, 2.24) is 14.8 Å². The highest BCUT2D eigenvalue weighted by molar-refractivity contribution is 5.69. The Balaban J connectivity index is 2.02. The van der Waals surface area contributed by atoms with Crippen LogP contribution in [0.15, 0.2) is 12.7 Å². The van der Waals surface area contributed by atoms with Gasteiger partial charge in [0.2, 0.25) is 0 Å². The average molecular weight is 197 g/mol. The fraction of sp³-hybridized carbons (Fsp3) is 0.667. The van der Waals surface area contributed by atoms with Crippen molar-refractivity contribution in [2.45, 2.75) is 32.7 Å². The van der Waals surface area contributed by atoms with E-state index in [1.807, 2.05) is 6.92 Å². The van der Waals surface area contributed by atoms with Crippen molar-refractivity contribution in [3.8, 4) is 0 Å². The Morgan fingerprint density at radius 2 is 2.36 bits per heavy atom. The number of nitrogens with zero attached hydrogens (tertiary/aromatic N) is 3. The molecule has 0 saturated heterocycles. The molecular formula is C9H15N3O2. The summed E-state index contributed by atoms with van der Waals surface area (Å²) in [7, 11) is 0. The minimum atomic E-state index is -0.119. The van der Waals surface area contributed by atoms with Crippen LogP contribution in [0.5, 0.6) is 0 Å². The van der Waals surface area contributed by atoms with E-state index in [1.165, 1.54) is 6.33 Å². The lowest BCUT2D eigenvalue weighted by atomic mass is 10.2. The fourth-order valence-corrected chi connectivity index (χ4v) is 1.12. The number of carbonyl (C=O) groups excluding carboxylic acids is 1. The SMILES string of the molecule is CCOC(=O)CCCCn1cncn1. The first-order valence-electron chi connectivity index (χ1n) is 4.81. The normalized spacial score (nSPS) is 10.1. The summed E-state index contributed by atoms with van der Waals surface area (Å²) in [6.07, 6.45) is 5.42. The zero-order valence-electron chi connectivity index (χ0n) is 8.35. The first-order chi connectivity index (χ1) is 6.83. The smallest absolute Gasteiger partial charge is 0.305 e. The van der Waals surface area contributed by atoms with Gasteiger partial charge in [0.25, 0.3) is 0 Å². The number of unbranched alkanes of at least 4 members (excludes halogenated alkanes) is 1. The quantitative estimate of drug-likeness (QED) is 0.504. The molecule has 0 aliphatic carbocycles. The number of aromatic nitrogens is 3. The molecule has 1 heterocycles. The zero-order chi connectivity index (χ0) is 10.2. The Bertz CT molecular complexity index is 259. The largest absolute Gasteiger partial charge is 0.466 e. The molecule has 0 aliphatic heterocycles. The van der Waals surface area contributed by atoms with Gasteiger partial charge in [-0.05, 0) is 19.8 Å². The highest BCUT2D eigenvalue weighted by Crippen LogP contribution is 1.99. The van der Waals surface area contributed by atoms with Crippen LogP contribution in [0, 0.1) is 0 Å². The molecule has 5 heteroatoms. The summed E-state index contributed by atoms with van der Waals surface area (Å²) in [4.78, 5) is 14.8. The molecule has 0 aliphatic rings. The van der Waals surface area contributed by atoms with Crippen LogP contribution in [-0.4, -0.2) is 27.3 Å². The molecule has 1 aromatic rings. The summed E-state index contributed by atoms with van der Waals surface area (Å²) in [5.74, 6) is -0.119. The summed E-state index contributed by atoms with van der Waals surface area (Å²) in [6, 6.07) is 0. The van der Waals surface area contributed by atoms with Gasteiger partial charge in [0.15, 0.2) is 0 Å². The standard InChI is InChI=1S/C9H15N3O2/c1-2-14-9(13)5-3-4-6-12-8-10-7-11-12/h7-8H,2-6H2,1H3. The van der Waals surface area contributed by atoms with E-state index in [9.17, 15) is 4.79 Å². The number of hydrogen-bond acceptors (Lipinski definition) is 4. The summed E-state index contributed by atoms with van der Waals surface area (Å²) in [5, 5.41) is 3.96. The number of esters is 1. The van der Waals surface area contributed by atoms with Gasteiger partial charge >= 0.3 is 5.97 Å². The molecule has 0 saturated carbocycles. The summed E-state index contributed by atoms with van der Waals surface area (Å²) >= 11 is 0. The third kappa shape index (κ3) is 4.02. The second-order valence-corrected chi connectivity index (χ2v) is 2.92. The van der Waals surface area contributed by atoms with Crippen LogP contribution in [0.25, 0.3) is 0 Å². The van der Waals surface area contributed by atoms with Gasteiger partial charge in [-0.1, -0.05) is 0 Å². The second-order valence-electron chi connectivity index (χ2n) is 2.92. The molecule has 0 unspecified atom stereocenters. The minimum Gasteiger partial charge on any atom is -0.466 e. The maximum Gasteiger partial charge on any atom is 0.305 e. The first kappa shape index (κ1) is 10.7. The van der Waals surface area contributed by atoms with Gasteiger partial charge in [-0.2, -0.15) is 5.10 Å². The molecule has 0 amide bonds. The van der Waals surface area contributed by atoms with E-state index < -0.39 is 0 Å². The van der Waals surface area contributed by atoms with Gasteiger partial charge in [-0.25, -0.2) is 4.98 Å². The van der Waals surface area contributed by atoms with Crippen LogP contribution in [0.1, 0.15) is 26.2 Å². The van der Waals surface area contributed by atoms with E-state index in [2.05, 4.69) is 10.1 Å².